The molecule has 138 valence electrons. The van der Waals surface area contributed by atoms with Gasteiger partial charge in [-0.3, -0.25) is 14.3 Å². The van der Waals surface area contributed by atoms with E-state index in [1.54, 1.807) is 24.0 Å². The number of hydrogen-bond acceptors (Lipinski definition) is 5. The van der Waals surface area contributed by atoms with E-state index in [0.717, 1.165) is 49.8 Å². The molecule has 2 aromatic rings. The van der Waals surface area contributed by atoms with Crippen LogP contribution < -0.4 is 5.56 Å². The van der Waals surface area contributed by atoms with Crippen molar-refractivity contribution >= 4 is 5.91 Å². The second-order valence-corrected chi connectivity index (χ2v) is 7.36. The van der Waals surface area contributed by atoms with Crippen molar-refractivity contribution in [1.82, 2.24) is 29.7 Å². The van der Waals surface area contributed by atoms with Crippen LogP contribution in [0.2, 0.25) is 0 Å². The molecule has 4 rings (SSSR count). The molecule has 0 unspecified atom stereocenters. The molecule has 0 N–H and O–H groups in total. The minimum Gasteiger partial charge on any atom is -0.337 e. The predicted octanol–water partition coefficient (Wildman–Crippen LogP) is 0.803. The SMILES string of the molecule is Cn1cc(C(=O)N2CCC(Cn3nc4c(cc3=O)CCCC4)CC2)nn1. The van der Waals surface area contributed by atoms with Gasteiger partial charge in [0.15, 0.2) is 5.69 Å². The Hall–Kier alpha value is -2.51. The number of nitrogens with zero attached hydrogens (tertiary/aromatic N) is 6. The third-order valence-electron chi connectivity index (χ3n) is 5.43. The van der Waals surface area contributed by atoms with Gasteiger partial charge in [0.25, 0.3) is 11.5 Å². The number of piperidine rings is 1. The van der Waals surface area contributed by atoms with Crippen molar-refractivity contribution in [3.05, 3.63) is 39.6 Å². The lowest BCUT2D eigenvalue weighted by Gasteiger charge is -2.31. The molecule has 0 aromatic carbocycles. The highest BCUT2D eigenvalue weighted by molar-refractivity contribution is 5.91. The molecule has 1 amide bonds. The number of carbonyl (C=O) groups excluding carboxylic acids is 1. The molecule has 1 fully saturated rings. The van der Waals surface area contributed by atoms with Crippen LogP contribution in [0.1, 0.15) is 47.4 Å². The van der Waals surface area contributed by atoms with Gasteiger partial charge in [0.05, 0.1) is 11.9 Å². The van der Waals surface area contributed by atoms with E-state index in [1.807, 2.05) is 4.90 Å². The van der Waals surface area contributed by atoms with Gasteiger partial charge in [-0.05, 0) is 50.0 Å². The van der Waals surface area contributed by atoms with E-state index in [1.165, 1.54) is 4.68 Å². The van der Waals surface area contributed by atoms with Gasteiger partial charge < -0.3 is 4.90 Å². The van der Waals surface area contributed by atoms with Crippen molar-refractivity contribution in [3.63, 3.8) is 0 Å². The summed E-state index contributed by atoms with van der Waals surface area (Å²) in [7, 11) is 1.75. The molecule has 26 heavy (non-hydrogen) atoms. The molecule has 1 saturated heterocycles. The summed E-state index contributed by atoms with van der Waals surface area (Å²) in [6, 6.07) is 1.77. The van der Waals surface area contributed by atoms with Crippen LogP contribution in [0.3, 0.4) is 0 Å². The molecule has 0 atom stereocenters. The highest BCUT2D eigenvalue weighted by Crippen LogP contribution is 2.21. The zero-order valence-electron chi connectivity index (χ0n) is 15.1. The lowest BCUT2D eigenvalue weighted by molar-refractivity contribution is 0.0674. The van der Waals surface area contributed by atoms with Gasteiger partial charge in [0.2, 0.25) is 0 Å². The van der Waals surface area contributed by atoms with Crippen LogP contribution in [0.25, 0.3) is 0 Å². The lowest BCUT2D eigenvalue weighted by atomic mass is 9.95. The average molecular weight is 356 g/mol. The van der Waals surface area contributed by atoms with E-state index in [9.17, 15) is 9.59 Å². The monoisotopic (exact) mass is 356 g/mol. The number of amides is 1. The smallest absolute Gasteiger partial charge is 0.276 e. The minimum absolute atomic E-state index is 0.00344. The van der Waals surface area contributed by atoms with Gasteiger partial charge in [-0.2, -0.15) is 5.10 Å². The van der Waals surface area contributed by atoms with Crippen molar-refractivity contribution in [2.45, 2.75) is 45.1 Å². The topological polar surface area (TPSA) is 85.9 Å². The van der Waals surface area contributed by atoms with Crippen molar-refractivity contribution in [3.8, 4) is 0 Å². The number of rotatable bonds is 3. The van der Waals surface area contributed by atoms with Gasteiger partial charge in [-0.15, -0.1) is 5.10 Å². The Morgan fingerprint density at radius 3 is 2.73 bits per heavy atom. The Labute approximate surface area is 151 Å². The summed E-state index contributed by atoms with van der Waals surface area (Å²) in [5, 5.41) is 12.3. The zero-order valence-corrected chi connectivity index (χ0v) is 15.1. The van der Waals surface area contributed by atoms with Crippen molar-refractivity contribution in [2.75, 3.05) is 13.1 Å². The predicted molar refractivity (Wildman–Crippen MR) is 94.8 cm³/mol. The molecule has 8 nitrogen and oxygen atoms in total. The average Bonchev–Trinajstić information content (AvgIpc) is 3.09. The van der Waals surface area contributed by atoms with Crippen LogP contribution in [0.5, 0.6) is 0 Å². The summed E-state index contributed by atoms with van der Waals surface area (Å²) >= 11 is 0. The second kappa shape index (κ2) is 7.01. The van der Waals surface area contributed by atoms with Crippen LogP contribution in [0.4, 0.5) is 0 Å². The fraction of sp³-hybridized carbons (Fsp3) is 0.611. The second-order valence-electron chi connectivity index (χ2n) is 7.36. The molecule has 0 spiro atoms. The highest BCUT2D eigenvalue weighted by atomic mass is 16.2. The van der Waals surface area contributed by atoms with Crippen LogP contribution in [0.15, 0.2) is 17.1 Å². The van der Waals surface area contributed by atoms with Crippen molar-refractivity contribution in [2.24, 2.45) is 13.0 Å². The third-order valence-corrected chi connectivity index (χ3v) is 5.43. The Morgan fingerprint density at radius 2 is 2.00 bits per heavy atom. The fourth-order valence-corrected chi connectivity index (χ4v) is 3.90. The van der Waals surface area contributed by atoms with Gasteiger partial charge in [0.1, 0.15) is 0 Å². The number of likely N-dealkylation sites (tertiary alicyclic amines) is 1. The minimum atomic E-state index is -0.0689. The molecule has 2 aromatic heterocycles. The quantitative estimate of drug-likeness (QED) is 0.812. The van der Waals surface area contributed by atoms with Gasteiger partial charge in [0, 0.05) is 32.7 Å². The van der Waals surface area contributed by atoms with E-state index in [0.29, 0.717) is 31.2 Å². The molecule has 1 aliphatic carbocycles. The maximum Gasteiger partial charge on any atom is 0.276 e. The molecule has 3 heterocycles. The van der Waals surface area contributed by atoms with Crippen molar-refractivity contribution in [1.29, 1.82) is 0 Å². The van der Waals surface area contributed by atoms with Gasteiger partial charge >= 0.3 is 0 Å². The van der Waals surface area contributed by atoms with Crippen LogP contribution >= 0.6 is 0 Å². The molecule has 8 heteroatoms. The molecule has 0 radical (unpaired) electrons. The standard InChI is InChI=1S/C18H24N6O2/c1-22-12-16(19-21-22)18(26)23-8-6-13(7-9-23)11-24-17(25)10-14-4-2-3-5-15(14)20-24/h10,12-13H,2-9,11H2,1H3. The van der Waals surface area contributed by atoms with E-state index >= 15 is 0 Å². The van der Waals surface area contributed by atoms with Crippen molar-refractivity contribution < 1.29 is 4.79 Å². The third kappa shape index (κ3) is 3.40. The summed E-state index contributed by atoms with van der Waals surface area (Å²) in [6.07, 6.45) is 7.64. The molecule has 1 aliphatic heterocycles. The molecule has 0 saturated carbocycles. The van der Waals surface area contributed by atoms with E-state index in [4.69, 9.17) is 0 Å². The van der Waals surface area contributed by atoms with Crippen LogP contribution in [0, 0.1) is 5.92 Å². The number of aryl methyl sites for hydroxylation is 3. The fourth-order valence-electron chi connectivity index (χ4n) is 3.90. The lowest BCUT2D eigenvalue weighted by Crippen LogP contribution is -2.40. The zero-order chi connectivity index (χ0) is 18.1. The molecular weight excluding hydrogens is 332 g/mol. The summed E-state index contributed by atoms with van der Waals surface area (Å²) in [5.41, 5.74) is 2.61. The van der Waals surface area contributed by atoms with Gasteiger partial charge in [-0.25, -0.2) is 4.68 Å². The Morgan fingerprint density at radius 1 is 1.23 bits per heavy atom. The normalized spacial score (nSPS) is 18.0. The Bertz CT molecular complexity index is 863. The number of aromatic nitrogens is 5. The van der Waals surface area contributed by atoms with Crippen LogP contribution in [-0.2, 0) is 26.4 Å². The Balaban J connectivity index is 1.38. The summed E-state index contributed by atoms with van der Waals surface area (Å²) in [6.45, 7) is 2.00. The summed E-state index contributed by atoms with van der Waals surface area (Å²) < 4.78 is 3.17. The molecular formula is C18H24N6O2. The van der Waals surface area contributed by atoms with Crippen LogP contribution in [-0.4, -0.2) is 48.7 Å². The van der Waals surface area contributed by atoms with E-state index in [-0.39, 0.29) is 11.5 Å². The highest BCUT2D eigenvalue weighted by Gasteiger charge is 2.26. The first kappa shape index (κ1) is 16.9. The van der Waals surface area contributed by atoms with Gasteiger partial charge in [-0.1, -0.05) is 5.21 Å². The Kier molecular flexibility index (Phi) is 4.57. The van der Waals surface area contributed by atoms with E-state index in [2.05, 4.69) is 15.4 Å². The molecule has 2 aliphatic rings. The summed E-state index contributed by atoms with van der Waals surface area (Å²) in [4.78, 5) is 26.6. The molecule has 0 bridgehead atoms. The number of hydrogen-bond donors (Lipinski definition) is 0. The first-order valence-electron chi connectivity index (χ1n) is 9.35. The van der Waals surface area contributed by atoms with E-state index < -0.39 is 0 Å². The largest absolute Gasteiger partial charge is 0.337 e. The number of carbonyl (C=O) groups is 1. The first-order chi connectivity index (χ1) is 12.6. The maximum atomic E-state index is 12.4. The maximum absolute atomic E-state index is 12.4. The first-order valence-corrected chi connectivity index (χ1v) is 9.35. The number of fused-ring (bicyclic) bond motifs is 1. The summed E-state index contributed by atoms with van der Waals surface area (Å²) in [5.74, 6) is 0.299.